The number of sulfonamides is 1. The summed E-state index contributed by atoms with van der Waals surface area (Å²) in [5.41, 5.74) is 0.684. The van der Waals surface area contributed by atoms with Gasteiger partial charge in [-0.2, -0.15) is 0 Å². The molecule has 0 unspecified atom stereocenters. The molecule has 0 aliphatic carbocycles. The fourth-order valence-electron chi connectivity index (χ4n) is 0.992. The highest BCUT2D eigenvalue weighted by Crippen LogP contribution is 2.09. The van der Waals surface area contributed by atoms with Crippen LogP contribution in [0.25, 0.3) is 0 Å². The number of nitrogens with two attached hydrogens (primary N) is 1. The van der Waals surface area contributed by atoms with Gasteiger partial charge in [0.2, 0.25) is 16.4 Å². The quantitative estimate of drug-likeness (QED) is 0.667. The molecule has 0 fully saturated rings. The first-order valence-electron chi connectivity index (χ1n) is 3.83. The van der Waals surface area contributed by atoms with Crippen LogP contribution in [0.4, 0.5) is 0 Å². The predicted molar refractivity (Wildman–Crippen MR) is 50.7 cm³/mol. The average molecular weight is 214 g/mol. The third-order valence-electron chi connectivity index (χ3n) is 1.62. The van der Waals surface area contributed by atoms with E-state index in [1.165, 1.54) is 12.1 Å². The third-order valence-corrected chi connectivity index (χ3v) is 2.53. The van der Waals surface area contributed by atoms with Gasteiger partial charge in [0, 0.05) is 6.54 Å². The zero-order chi connectivity index (χ0) is 10.6. The van der Waals surface area contributed by atoms with Gasteiger partial charge in [-0.15, -0.1) is 0 Å². The molecule has 0 aliphatic heterocycles. The number of nitrogens with one attached hydrogen (secondary N) is 1. The molecule has 1 rings (SSSR count). The summed E-state index contributed by atoms with van der Waals surface area (Å²) in [4.78, 5) is 10.1. The van der Waals surface area contributed by atoms with Crippen LogP contribution >= 0.6 is 0 Å². The molecule has 0 atom stereocenters. The monoisotopic (exact) mass is 214 g/mol. The summed E-state index contributed by atoms with van der Waals surface area (Å²) in [7, 11) is -3.67. The zero-order valence-electron chi connectivity index (χ0n) is 7.30. The summed E-state index contributed by atoms with van der Waals surface area (Å²) in [5, 5.41) is 7.36. The lowest BCUT2D eigenvalue weighted by Crippen LogP contribution is -2.14. The Bertz CT molecular complexity index is 428. The van der Waals surface area contributed by atoms with Gasteiger partial charge in [0.1, 0.15) is 0 Å². The normalized spacial score (nSPS) is 10.9. The van der Waals surface area contributed by atoms with E-state index in [0.29, 0.717) is 12.0 Å². The Kier molecular flexibility index (Phi) is 3.21. The Labute approximate surface area is 82.0 Å². The van der Waals surface area contributed by atoms with Crippen molar-refractivity contribution in [1.29, 1.82) is 0 Å². The molecule has 0 aliphatic rings. The Balaban J connectivity index is 2.95. The van der Waals surface area contributed by atoms with Crippen LogP contribution in [0.2, 0.25) is 0 Å². The van der Waals surface area contributed by atoms with Gasteiger partial charge in [-0.05, 0) is 17.7 Å². The largest absolute Gasteiger partial charge is 0.355 e. The van der Waals surface area contributed by atoms with Crippen LogP contribution in [0.15, 0.2) is 29.2 Å². The highest BCUT2D eigenvalue weighted by Gasteiger charge is 2.07. The molecule has 0 saturated heterocycles. The molecule has 0 aromatic heterocycles. The Morgan fingerprint density at radius 2 is 2.14 bits per heavy atom. The minimum absolute atomic E-state index is 0.0442. The van der Waals surface area contributed by atoms with Crippen molar-refractivity contribution in [3.05, 3.63) is 29.8 Å². The number of hydrogen-bond acceptors (Lipinski definition) is 3. The number of carbonyl (C=O) groups excluding carboxylic acids is 1. The van der Waals surface area contributed by atoms with E-state index in [9.17, 15) is 13.2 Å². The van der Waals surface area contributed by atoms with Crippen molar-refractivity contribution in [3.8, 4) is 0 Å². The molecule has 3 N–H and O–H groups in total. The van der Waals surface area contributed by atoms with E-state index in [-0.39, 0.29) is 11.4 Å². The van der Waals surface area contributed by atoms with E-state index in [1.54, 1.807) is 12.1 Å². The minimum atomic E-state index is -3.67. The smallest absolute Gasteiger partial charge is 0.238 e. The van der Waals surface area contributed by atoms with Crippen molar-refractivity contribution in [2.45, 2.75) is 11.4 Å². The molecular formula is C8H10N2O3S. The maximum absolute atomic E-state index is 10.9. The number of hydrogen-bond donors (Lipinski definition) is 2. The summed E-state index contributed by atoms with van der Waals surface area (Å²) < 4.78 is 21.9. The number of rotatable bonds is 4. The van der Waals surface area contributed by atoms with E-state index in [0.717, 1.165) is 0 Å². The van der Waals surface area contributed by atoms with Crippen molar-refractivity contribution in [2.75, 3.05) is 0 Å². The number of primary sulfonamides is 1. The molecule has 0 bridgehead atoms. The van der Waals surface area contributed by atoms with Crippen molar-refractivity contribution < 1.29 is 13.2 Å². The SMILES string of the molecule is NS(=O)(=O)c1cccc(CNC=O)c1. The van der Waals surface area contributed by atoms with Gasteiger partial charge < -0.3 is 5.32 Å². The molecule has 76 valence electrons. The van der Waals surface area contributed by atoms with Crippen LogP contribution in [0.1, 0.15) is 5.56 Å². The van der Waals surface area contributed by atoms with E-state index >= 15 is 0 Å². The Hall–Kier alpha value is -1.40. The number of carbonyl (C=O) groups is 1. The van der Waals surface area contributed by atoms with E-state index in [1.807, 2.05) is 0 Å². The molecule has 0 spiro atoms. The summed E-state index contributed by atoms with van der Waals surface area (Å²) >= 11 is 0. The second-order valence-electron chi connectivity index (χ2n) is 2.69. The number of benzene rings is 1. The fourth-order valence-corrected chi connectivity index (χ4v) is 1.58. The zero-order valence-corrected chi connectivity index (χ0v) is 8.12. The van der Waals surface area contributed by atoms with Crippen LogP contribution < -0.4 is 10.5 Å². The minimum Gasteiger partial charge on any atom is -0.355 e. The van der Waals surface area contributed by atoms with Crippen molar-refractivity contribution >= 4 is 16.4 Å². The second kappa shape index (κ2) is 4.21. The van der Waals surface area contributed by atoms with E-state index < -0.39 is 10.0 Å². The summed E-state index contributed by atoms with van der Waals surface area (Å²) in [5.74, 6) is 0. The summed E-state index contributed by atoms with van der Waals surface area (Å²) in [6.45, 7) is 0.285. The van der Waals surface area contributed by atoms with Crippen molar-refractivity contribution in [2.24, 2.45) is 5.14 Å². The van der Waals surface area contributed by atoms with Gasteiger partial charge in [0.05, 0.1) is 4.90 Å². The molecular weight excluding hydrogens is 204 g/mol. The average Bonchev–Trinajstić information content (AvgIpc) is 2.14. The van der Waals surface area contributed by atoms with Crippen molar-refractivity contribution in [3.63, 3.8) is 0 Å². The van der Waals surface area contributed by atoms with Crippen LogP contribution in [-0.2, 0) is 21.4 Å². The molecule has 14 heavy (non-hydrogen) atoms. The number of amides is 1. The van der Waals surface area contributed by atoms with Crippen LogP contribution in [0, 0.1) is 0 Å². The molecule has 1 aromatic carbocycles. The third kappa shape index (κ3) is 2.82. The highest BCUT2D eigenvalue weighted by atomic mass is 32.2. The molecule has 0 heterocycles. The van der Waals surface area contributed by atoms with E-state index in [4.69, 9.17) is 5.14 Å². The first-order chi connectivity index (χ1) is 6.54. The van der Waals surface area contributed by atoms with Crippen LogP contribution in [-0.4, -0.2) is 14.8 Å². The molecule has 5 nitrogen and oxygen atoms in total. The maximum atomic E-state index is 10.9. The van der Waals surface area contributed by atoms with Gasteiger partial charge >= 0.3 is 0 Å². The van der Waals surface area contributed by atoms with Gasteiger partial charge in [-0.1, -0.05) is 12.1 Å². The van der Waals surface area contributed by atoms with Gasteiger partial charge in [0.25, 0.3) is 0 Å². The first-order valence-corrected chi connectivity index (χ1v) is 5.37. The lowest BCUT2D eigenvalue weighted by Gasteiger charge is -2.02. The fraction of sp³-hybridized carbons (Fsp3) is 0.125. The van der Waals surface area contributed by atoms with Gasteiger partial charge in [-0.3, -0.25) is 4.79 Å². The van der Waals surface area contributed by atoms with Gasteiger partial charge in [-0.25, -0.2) is 13.6 Å². The maximum Gasteiger partial charge on any atom is 0.238 e. The Morgan fingerprint density at radius 1 is 1.43 bits per heavy atom. The van der Waals surface area contributed by atoms with Crippen LogP contribution in [0.5, 0.6) is 0 Å². The highest BCUT2D eigenvalue weighted by molar-refractivity contribution is 7.89. The van der Waals surface area contributed by atoms with Crippen LogP contribution in [0.3, 0.4) is 0 Å². The first kappa shape index (κ1) is 10.7. The molecule has 1 aromatic rings. The molecule has 0 saturated carbocycles. The standard InChI is InChI=1S/C8H10N2O3S/c9-14(12,13)8-3-1-2-7(4-8)5-10-6-11/h1-4,6H,5H2,(H,10,11)(H2,9,12,13). The summed E-state index contributed by atoms with van der Waals surface area (Å²) in [6, 6.07) is 6.10. The lowest BCUT2D eigenvalue weighted by molar-refractivity contribution is -0.109. The molecule has 1 amide bonds. The topological polar surface area (TPSA) is 89.3 Å². The van der Waals surface area contributed by atoms with Gasteiger partial charge in [0.15, 0.2) is 0 Å². The summed E-state index contributed by atoms with van der Waals surface area (Å²) in [6.07, 6.45) is 0.545. The van der Waals surface area contributed by atoms with E-state index in [2.05, 4.69) is 5.32 Å². The second-order valence-corrected chi connectivity index (χ2v) is 4.25. The lowest BCUT2D eigenvalue weighted by atomic mass is 10.2. The molecule has 0 radical (unpaired) electrons. The van der Waals surface area contributed by atoms with Crippen molar-refractivity contribution in [1.82, 2.24) is 5.32 Å². The molecule has 6 heteroatoms. The Morgan fingerprint density at radius 3 is 2.71 bits per heavy atom. The predicted octanol–water partition coefficient (Wildman–Crippen LogP) is -0.420.